The number of epoxide rings is 2. The predicted octanol–water partition coefficient (Wildman–Crippen LogP) is 2.33. The molecule has 4 rings (SSSR count). The minimum atomic E-state index is 0.606. The molecule has 2 heterocycles. The zero-order valence-electron chi connectivity index (χ0n) is 9.32. The van der Waals surface area contributed by atoms with Crippen molar-refractivity contribution in [3.05, 3.63) is 5.92 Å². The summed E-state index contributed by atoms with van der Waals surface area (Å²) >= 11 is 0. The van der Waals surface area contributed by atoms with Gasteiger partial charge in [0.25, 0.3) is 0 Å². The van der Waals surface area contributed by atoms with Gasteiger partial charge < -0.3 is 9.47 Å². The molecule has 15 heavy (non-hydrogen) atoms. The lowest BCUT2D eigenvalue weighted by molar-refractivity contribution is 0.307. The van der Waals surface area contributed by atoms with Gasteiger partial charge in [0.05, 0.1) is 24.4 Å². The molecule has 2 saturated carbocycles. The van der Waals surface area contributed by atoms with E-state index in [1.165, 1.54) is 32.1 Å². The summed E-state index contributed by atoms with van der Waals surface area (Å²) in [4.78, 5) is 0. The minimum absolute atomic E-state index is 0.606. The molecule has 1 radical (unpaired) electrons. The van der Waals surface area contributed by atoms with Crippen LogP contribution in [0, 0.1) is 17.8 Å². The van der Waals surface area contributed by atoms with Gasteiger partial charge in [0.1, 0.15) is 0 Å². The van der Waals surface area contributed by atoms with Crippen LogP contribution in [0.5, 0.6) is 0 Å². The Bertz CT molecular complexity index is 278. The maximum Gasteiger partial charge on any atom is 0.0847 e. The van der Waals surface area contributed by atoms with Crippen LogP contribution in [0.3, 0.4) is 0 Å². The molecule has 6 atom stereocenters. The summed E-state index contributed by atoms with van der Waals surface area (Å²) in [7, 11) is 0. The quantitative estimate of drug-likeness (QED) is 0.616. The molecule has 2 aliphatic heterocycles. The summed E-state index contributed by atoms with van der Waals surface area (Å²) < 4.78 is 11.3. The summed E-state index contributed by atoms with van der Waals surface area (Å²) in [6.45, 7) is 2.40. The molecule has 6 unspecified atom stereocenters. The van der Waals surface area contributed by atoms with Gasteiger partial charge in [-0.15, -0.1) is 0 Å². The Morgan fingerprint density at radius 2 is 1.73 bits per heavy atom. The van der Waals surface area contributed by atoms with Crippen LogP contribution in [-0.4, -0.2) is 24.4 Å². The molecule has 0 bridgehead atoms. The first-order chi connectivity index (χ1) is 7.31. The first kappa shape index (κ1) is 9.00. The number of hydrogen-bond donors (Lipinski definition) is 0. The SMILES string of the molecule is CC1CC2OC2C[C]1C1CCC2OC2C1. The number of fused-ring (bicyclic) bond motifs is 2. The van der Waals surface area contributed by atoms with Crippen molar-refractivity contribution in [3.8, 4) is 0 Å². The van der Waals surface area contributed by atoms with E-state index < -0.39 is 0 Å². The summed E-state index contributed by atoms with van der Waals surface area (Å²) in [6.07, 6.45) is 9.03. The van der Waals surface area contributed by atoms with Gasteiger partial charge in [0, 0.05) is 0 Å². The van der Waals surface area contributed by atoms with Crippen molar-refractivity contribution in [3.63, 3.8) is 0 Å². The predicted molar refractivity (Wildman–Crippen MR) is 56.3 cm³/mol. The van der Waals surface area contributed by atoms with Crippen LogP contribution < -0.4 is 0 Å². The van der Waals surface area contributed by atoms with Gasteiger partial charge in [0.2, 0.25) is 0 Å². The lowest BCUT2D eigenvalue weighted by atomic mass is 9.69. The van der Waals surface area contributed by atoms with E-state index in [-0.39, 0.29) is 0 Å². The fourth-order valence-corrected chi connectivity index (χ4v) is 3.81. The van der Waals surface area contributed by atoms with Crippen molar-refractivity contribution in [2.45, 2.75) is 63.4 Å². The van der Waals surface area contributed by atoms with E-state index >= 15 is 0 Å². The Hall–Kier alpha value is -0.0800. The highest BCUT2D eigenvalue weighted by Gasteiger charge is 2.52. The number of hydrogen-bond acceptors (Lipinski definition) is 2. The summed E-state index contributed by atoms with van der Waals surface area (Å²) in [5.74, 6) is 3.46. The average Bonchev–Trinajstić information content (AvgIpc) is 3.09. The molecule has 0 amide bonds. The lowest BCUT2D eigenvalue weighted by Crippen LogP contribution is -2.30. The largest absolute Gasteiger partial charge is 0.370 e. The van der Waals surface area contributed by atoms with Crippen molar-refractivity contribution >= 4 is 0 Å². The number of ether oxygens (including phenoxy) is 2. The maximum atomic E-state index is 5.65. The highest BCUT2D eigenvalue weighted by Crippen LogP contribution is 2.52. The average molecular weight is 207 g/mol. The zero-order chi connectivity index (χ0) is 9.99. The third kappa shape index (κ3) is 1.45. The molecule has 0 N–H and O–H groups in total. The second-order valence-corrected chi connectivity index (χ2v) is 5.85. The van der Waals surface area contributed by atoms with Gasteiger partial charge in [-0.2, -0.15) is 0 Å². The molecule has 2 nitrogen and oxygen atoms in total. The van der Waals surface area contributed by atoms with Gasteiger partial charge in [-0.1, -0.05) is 6.92 Å². The Kier molecular flexibility index (Phi) is 1.79. The molecule has 2 aliphatic carbocycles. The summed E-state index contributed by atoms with van der Waals surface area (Å²) in [6, 6.07) is 0. The van der Waals surface area contributed by atoms with E-state index in [0.29, 0.717) is 24.4 Å². The van der Waals surface area contributed by atoms with Crippen molar-refractivity contribution in [2.24, 2.45) is 11.8 Å². The van der Waals surface area contributed by atoms with Gasteiger partial charge in [-0.3, -0.25) is 0 Å². The molecule has 83 valence electrons. The first-order valence-corrected chi connectivity index (χ1v) is 6.48. The van der Waals surface area contributed by atoms with Crippen LogP contribution in [0.2, 0.25) is 0 Å². The van der Waals surface area contributed by atoms with Gasteiger partial charge in [-0.05, 0) is 49.9 Å². The lowest BCUT2D eigenvalue weighted by Gasteiger charge is -2.34. The molecular weight excluding hydrogens is 188 g/mol. The van der Waals surface area contributed by atoms with Gasteiger partial charge >= 0.3 is 0 Å². The first-order valence-electron chi connectivity index (χ1n) is 6.48. The van der Waals surface area contributed by atoms with Gasteiger partial charge in [0.15, 0.2) is 0 Å². The molecular formula is C13H19O2. The van der Waals surface area contributed by atoms with Crippen LogP contribution >= 0.6 is 0 Å². The van der Waals surface area contributed by atoms with Crippen molar-refractivity contribution in [2.75, 3.05) is 0 Å². The van der Waals surface area contributed by atoms with Gasteiger partial charge in [-0.25, -0.2) is 0 Å². The maximum absolute atomic E-state index is 5.65. The molecule has 4 aliphatic rings. The fraction of sp³-hybridized carbons (Fsp3) is 0.923. The van der Waals surface area contributed by atoms with Crippen molar-refractivity contribution < 1.29 is 9.47 Å². The Morgan fingerprint density at radius 1 is 0.933 bits per heavy atom. The number of rotatable bonds is 1. The van der Waals surface area contributed by atoms with Crippen molar-refractivity contribution in [1.29, 1.82) is 0 Å². The molecule has 2 saturated heterocycles. The third-order valence-corrected chi connectivity index (χ3v) is 4.87. The zero-order valence-corrected chi connectivity index (χ0v) is 9.32. The van der Waals surface area contributed by atoms with Crippen LogP contribution in [0.1, 0.15) is 39.0 Å². The van der Waals surface area contributed by atoms with Crippen LogP contribution in [-0.2, 0) is 9.47 Å². The fourth-order valence-electron chi connectivity index (χ4n) is 3.81. The van der Waals surface area contributed by atoms with E-state index in [1.807, 2.05) is 5.92 Å². The summed E-state index contributed by atoms with van der Waals surface area (Å²) in [5.41, 5.74) is 0. The molecule has 0 aromatic rings. The standard InChI is InChI=1S/C13H19O2/c1-7-4-11-13(15-11)6-9(7)8-2-3-10-12(5-8)14-10/h7-8,10-13H,2-6H2,1H3. The Morgan fingerprint density at radius 3 is 2.60 bits per heavy atom. The molecule has 2 heteroatoms. The third-order valence-electron chi connectivity index (χ3n) is 4.87. The Labute approximate surface area is 91.3 Å². The Balaban J connectivity index is 1.46. The van der Waals surface area contributed by atoms with E-state index in [0.717, 1.165) is 11.8 Å². The van der Waals surface area contributed by atoms with E-state index in [2.05, 4.69) is 6.92 Å². The highest BCUT2D eigenvalue weighted by molar-refractivity contribution is 5.14. The topological polar surface area (TPSA) is 25.1 Å². The van der Waals surface area contributed by atoms with E-state index in [9.17, 15) is 0 Å². The van der Waals surface area contributed by atoms with E-state index in [4.69, 9.17) is 9.47 Å². The minimum Gasteiger partial charge on any atom is -0.370 e. The monoisotopic (exact) mass is 207 g/mol. The molecule has 0 aromatic heterocycles. The highest BCUT2D eigenvalue weighted by atomic mass is 16.6. The second-order valence-electron chi connectivity index (χ2n) is 5.85. The van der Waals surface area contributed by atoms with Crippen LogP contribution in [0.4, 0.5) is 0 Å². The normalized spacial score (nSPS) is 58.2. The van der Waals surface area contributed by atoms with Crippen LogP contribution in [0.15, 0.2) is 0 Å². The molecule has 0 aromatic carbocycles. The smallest absolute Gasteiger partial charge is 0.0847 e. The molecule has 4 fully saturated rings. The van der Waals surface area contributed by atoms with Crippen LogP contribution in [0.25, 0.3) is 0 Å². The molecule has 0 spiro atoms. The second kappa shape index (κ2) is 2.98. The summed E-state index contributed by atoms with van der Waals surface area (Å²) in [5, 5.41) is 0. The van der Waals surface area contributed by atoms with Crippen molar-refractivity contribution in [1.82, 2.24) is 0 Å². The van der Waals surface area contributed by atoms with E-state index in [1.54, 1.807) is 0 Å².